The number of anilines is 1. The number of ether oxygens (including phenoxy) is 1. The molecule has 2 aliphatic heterocycles. The van der Waals surface area contributed by atoms with Crippen molar-refractivity contribution in [3.63, 3.8) is 0 Å². The fraction of sp³-hybridized carbons (Fsp3) is 0.688. The average molecular weight is 354 g/mol. The molecule has 2 aliphatic rings. The first kappa shape index (κ1) is 15.3. The van der Waals surface area contributed by atoms with Gasteiger partial charge in [-0.2, -0.15) is 0 Å². The number of hydrogen-bond donors (Lipinski definition) is 0. The van der Waals surface area contributed by atoms with E-state index in [0.29, 0.717) is 0 Å². The van der Waals surface area contributed by atoms with Gasteiger partial charge in [0.1, 0.15) is 0 Å². The smallest absolute Gasteiger partial charge is 0.0974 e. The van der Waals surface area contributed by atoms with E-state index in [4.69, 9.17) is 4.74 Å². The van der Waals surface area contributed by atoms with Crippen LogP contribution in [0.1, 0.15) is 38.0 Å². The number of fused-ring (bicyclic) bond motifs is 1. The molecule has 0 bridgehead atoms. The number of hydrogen-bond acceptors (Lipinski definition) is 4. The first-order valence-electron chi connectivity index (χ1n) is 7.86. The Labute approximate surface area is 135 Å². The number of halogens is 1. The van der Waals surface area contributed by atoms with Crippen LogP contribution in [0.15, 0.2) is 16.7 Å². The summed E-state index contributed by atoms with van der Waals surface area (Å²) in [4.78, 5) is 9.74. The van der Waals surface area contributed by atoms with Gasteiger partial charge in [-0.05, 0) is 48.3 Å². The summed E-state index contributed by atoms with van der Waals surface area (Å²) < 4.78 is 6.40. The molecular formula is C16H24BrN3O. The third-order valence-corrected chi connectivity index (χ3v) is 5.43. The van der Waals surface area contributed by atoms with Gasteiger partial charge in [-0.3, -0.25) is 9.88 Å². The van der Waals surface area contributed by atoms with Gasteiger partial charge in [0.15, 0.2) is 0 Å². The molecule has 0 spiro atoms. The standard InChI is InChI=1S/C16H24BrN3O/c1-12(21-2)16-15(17)9-14(10-18-16)20-8-7-19-6-4-3-5-13(19)11-20/h9-10,12-13H,3-8,11H2,1-2H3/t12-,13+/m0/s1. The summed E-state index contributed by atoms with van der Waals surface area (Å²) in [6.07, 6.45) is 6.09. The summed E-state index contributed by atoms with van der Waals surface area (Å²) in [5.74, 6) is 0. The molecule has 3 heterocycles. The van der Waals surface area contributed by atoms with Gasteiger partial charge in [0.25, 0.3) is 0 Å². The van der Waals surface area contributed by atoms with E-state index in [1.54, 1.807) is 7.11 Å². The minimum atomic E-state index is 0.0172. The van der Waals surface area contributed by atoms with Gasteiger partial charge in [0, 0.05) is 37.3 Å². The van der Waals surface area contributed by atoms with Crippen molar-refractivity contribution in [1.82, 2.24) is 9.88 Å². The van der Waals surface area contributed by atoms with Crippen molar-refractivity contribution < 1.29 is 4.74 Å². The fourth-order valence-corrected chi connectivity index (χ4v) is 4.07. The molecule has 4 nitrogen and oxygen atoms in total. The van der Waals surface area contributed by atoms with E-state index in [1.165, 1.54) is 38.0 Å². The second kappa shape index (κ2) is 6.63. The van der Waals surface area contributed by atoms with Crippen LogP contribution in [-0.4, -0.2) is 49.2 Å². The summed E-state index contributed by atoms with van der Waals surface area (Å²) in [6, 6.07) is 2.92. The maximum atomic E-state index is 5.36. The maximum absolute atomic E-state index is 5.36. The Balaban J connectivity index is 1.73. The van der Waals surface area contributed by atoms with E-state index in [-0.39, 0.29) is 6.10 Å². The zero-order chi connectivity index (χ0) is 14.8. The quantitative estimate of drug-likeness (QED) is 0.833. The molecule has 3 rings (SSSR count). The molecule has 0 aromatic carbocycles. The Hall–Kier alpha value is -0.650. The Morgan fingerprint density at radius 3 is 2.95 bits per heavy atom. The van der Waals surface area contributed by atoms with Crippen LogP contribution in [-0.2, 0) is 4.74 Å². The normalized spacial score (nSPS) is 24.7. The van der Waals surface area contributed by atoms with E-state index in [1.807, 2.05) is 13.1 Å². The molecule has 2 atom stereocenters. The van der Waals surface area contributed by atoms with E-state index in [0.717, 1.165) is 29.3 Å². The Morgan fingerprint density at radius 2 is 2.19 bits per heavy atom. The SMILES string of the molecule is CO[C@@H](C)c1ncc(N2CCN3CCCC[C@@H]3C2)cc1Br. The lowest BCUT2D eigenvalue weighted by molar-refractivity contribution is 0.115. The van der Waals surface area contributed by atoms with Crippen LogP contribution in [0.25, 0.3) is 0 Å². The largest absolute Gasteiger partial charge is 0.375 e. The van der Waals surface area contributed by atoms with Gasteiger partial charge in [0.05, 0.1) is 23.7 Å². The second-order valence-electron chi connectivity index (χ2n) is 6.07. The zero-order valence-electron chi connectivity index (χ0n) is 12.9. The summed E-state index contributed by atoms with van der Waals surface area (Å²) in [6.45, 7) is 6.72. The molecule has 0 radical (unpaired) electrons. The van der Waals surface area contributed by atoms with Crippen molar-refractivity contribution in [2.75, 3.05) is 38.2 Å². The van der Waals surface area contributed by atoms with Crippen LogP contribution in [0, 0.1) is 0 Å². The predicted molar refractivity (Wildman–Crippen MR) is 88.8 cm³/mol. The highest BCUT2D eigenvalue weighted by Crippen LogP contribution is 2.29. The Morgan fingerprint density at radius 1 is 1.33 bits per heavy atom. The molecule has 0 saturated carbocycles. The van der Waals surface area contributed by atoms with Gasteiger partial charge in [-0.1, -0.05) is 6.42 Å². The molecular weight excluding hydrogens is 330 g/mol. The van der Waals surface area contributed by atoms with Crippen LogP contribution in [0.5, 0.6) is 0 Å². The van der Waals surface area contributed by atoms with Crippen molar-refractivity contribution in [2.45, 2.75) is 38.3 Å². The van der Waals surface area contributed by atoms with Crippen LogP contribution in [0.2, 0.25) is 0 Å². The third-order valence-electron chi connectivity index (χ3n) is 4.80. The van der Waals surface area contributed by atoms with Gasteiger partial charge >= 0.3 is 0 Å². The summed E-state index contributed by atoms with van der Waals surface area (Å²) in [5, 5.41) is 0. The minimum absolute atomic E-state index is 0.0172. The monoisotopic (exact) mass is 353 g/mol. The topological polar surface area (TPSA) is 28.6 Å². The first-order valence-corrected chi connectivity index (χ1v) is 8.65. The summed E-state index contributed by atoms with van der Waals surface area (Å²) in [7, 11) is 1.72. The average Bonchev–Trinajstić information content (AvgIpc) is 2.53. The molecule has 1 aromatic heterocycles. The van der Waals surface area contributed by atoms with Gasteiger partial charge in [-0.25, -0.2) is 0 Å². The van der Waals surface area contributed by atoms with Crippen LogP contribution >= 0.6 is 15.9 Å². The number of aromatic nitrogens is 1. The summed E-state index contributed by atoms with van der Waals surface area (Å²) in [5.41, 5.74) is 2.19. The van der Waals surface area contributed by atoms with Crippen molar-refractivity contribution in [3.05, 3.63) is 22.4 Å². The van der Waals surface area contributed by atoms with E-state index >= 15 is 0 Å². The molecule has 5 heteroatoms. The van der Waals surface area contributed by atoms with E-state index in [9.17, 15) is 0 Å². The second-order valence-corrected chi connectivity index (χ2v) is 6.92. The minimum Gasteiger partial charge on any atom is -0.375 e. The number of pyridine rings is 1. The van der Waals surface area contributed by atoms with Gasteiger partial charge < -0.3 is 9.64 Å². The van der Waals surface area contributed by atoms with Gasteiger partial charge in [-0.15, -0.1) is 0 Å². The molecule has 2 fully saturated rings. The van der Waals surface area contributed by atoms with Gasteiger partial charge in [0.2, 0.25) is 0 Å². The van der Waals surface area contributed by atoms with E-state index < -0.39 is 0 Å². The first-order chi connectivity index (χ1) is 10.2. The zero-order valence-corrected chi connectivity index (χ0v) is 14.5. The fourth-order valence-electron chi connectivity index (χ4n) is 3.41. The number of methoxy groups -OCH3 is 1. The van der Waals surface area contributed by atoms with Crippen LogP contribution < -0.4 is 4.90 Å². The summed E-state index contributed by atoms with van der Waals surface area (Å²) >= 11 is 3.64. The molecule has 0 N–H and O–H groups in total. The van der Waals surface area contributed by atoms with Crippen molar-refractivity contribution in [3.8, 4) is 0 Å². The Bertz CT molecular complexity index is 496. The molecule has 0 amide bonds. The van der Waals surface area contributed by atoms with E-state index in [2.05, 4.69) is 36.8 Å². The molecule has 116 valence electrons. The number of piperidine rings is 1. The molecule has 1 aromatic rings. The molecule has 0 aliphatic carbocycles. The lowest BCUT2D eigenvalue weighted by atomic mass is 9.99. The third kappa shape index (κ3) is 3.25. The van der Waals surface area contributed by atoms with Crippen molar-refractivity contribution >= 4 is 21.6 Å². The van der Waals surface area contributed by atoms with Crippen molar-refractivity contribution in [2.24, 2.45) is 0 Å². The number of rotatable bonds is 3. The highest BCUT2D eigenvalue weighted by atomic mass is 79.9. The number of nitrogens with zero attached hydrogens (tertiary/aromatic N) is 3. The predicted octanol–water partition coefficient (Wildman–Crippen LogP) is 3.23. The Kier molecular flexibility index (Phi) is 4.82. The lowest BCUT2D eigenvalue weighted by Gasteiger charge is -2.44. The lowest BCUT2D eigenvalue weighted by Crippen LogP contribution is -2.54. The highest BCUT2D eigenvalue weighted by Gasteiger charge is 2.29. The molecule has 0 unspecified atom stereocenters. The van der Waals surface area contributed by atoms with Crippen molar-refractivity contribution in [1.29, 1.82) is 0 Å². The highest BCUT2D eigenvalue weighted by molar-refractivity contribution is 9.10. The number of piperazine rings is 1. The van der Waals surface area contributed by atoms with Crippen LogP contribution in [0.4, 0.5) is 5.69 Å². The maximum Gasteiger partial charge on any atom is 0.0974 e. The molecule has 21 heavy (non-hydrogen) atoms. The van der Waals surface area contributed by atoms with Crippen LogP contribution in [0.3, 0.4) is 0 Å². The molecule has 2 saturated heterocycles.